The molecule has 0 aliphatic heterocycles. The third-order valence-corrected chi connectivity index (χ3v) is 8.78. The number of nitrogens with one attached hydrogen (secondary N) is 1. The number of hydrogen-bond donors (Lipinski definition) is 1. The number of carbonyl (C=O) groups is 1. The van der Waals surface area contributed by atoms with E-state index in [4.69, 9.17) is 0 Å². The standard InChI is InChI=1S/C31H29F4N3O/c1-18-3-8-22(9-4-18)37-29(39)28-24-12-5-20-15-27-19(17-36-38(27)23-10-6-21(32)7-11-23)16-30(20,2)25(24)13-14-26(28)31(33,34)35/h3-4,6-11,13,15,17,24,26,28H,5,12,14,16H2,1-2H3,(H,37,39)/t24-,26+,28+,30-/m0/s1. The molecule has 39 heavy (non-hydrogen) atoms. The normalized spacial score (nSPS) is 26.1. The second-order valence-corrected chi connectivity index (χ2v) is 11.2. The Bertz CT molecular complexity index is 1480. The predicted octanol–water partition coefficient (Wildman–Crippen LogP) is 7.44. The van der Waals surface area contributed by atoms with E-state index in [1.54, 1.807) is 41.2 Å². The summed E-state index contributed by atoms with van der Waals surface area (Å²) in [5.41, 5.74) is 5.69. The van der Waals surface area contributed by atoms with Crippen LogP contribution in [-0.2, 0) is 11.2 Å². The Morgan fingerprint density at radius 3 is 2.51 bits per heavy atom. The summed E-state index contributed by atoms with van der Waals surface area (Å²) in [5, 5.41) is 7.33. The Hall–Kier alpha value is -3.68. The molecule has 1 saturated carbocycles. The molecule has 0 spiro atoms. The Kier molecular flexibility index (Phi) is 6.04. The van der Waals surface area contributed by atoms with E-state index < -0.39 is 35.3 Å². The second kappa shape index (κ2) is 9.21. The number of halogens is 4. The number of carbonyl (C=O) groups excluding carboxylic acids is 1. The third kappa shape index (κ3) is 4.39. The van der Waals surface area contributed by atoms with Gasteiger partial charge in [-0.25, -0.2) is 9.07 Å². The molecule has 6 rings (SSSR count). The van der Waals surface area contributed by atoms with Crippen molar-refractivity contribution in [3.63, 3.8) is 0 Å². The van der Waals surface area contributed by atoms with E-state index in [-0.39, 0.29) is 12.2 Å². The molecule has 0 saturated heterocycles. The van der Waals surface area contributed by atoms with Crippen molar-refractivity contribution in [2.45, 2.75) is 45.7 Å². The largest absolute Gasteiger partial charge is 0.392 e. The second-order valence-electron chi connectivity index (χ2n) is 11.2. The lowest BCUT2D eigenvalue weighted by atomic mass is 9.54. The fourth-order valence-corrected chi connectivity index (χ4v) is 6.80. The van der Waals surface area contributed by atoms with Gasteiger partial charge in [0.05, 0.1) is 29.4 Å². The van der Waals surface area contributed by atoms with Crippen molar-refractivity contribution in [2.75, 3.05) is 5.32 Å². The molecule has 3 aromatic rings. The maximum absolute atomic E-state index is 14.3. The molecule has 202 valence electrons. The number of benzene rings is 2. The van der Waals surface area contributed by atoms with Crippen LogP contribution in [0.5, 0.6) is 0 Å². The van der Waals surface area contributed by atoms with Gasteiger partial charge < -0.3 is 5.32 Å². The van der Waals surface area contributed by atoms with Crippen molar-refractivity contribution in [1.29, 1.82) is 0 Å². The smallest absolute Gasteiger partial charge is 0.326 e. The molecule has 2 aromatic carbocycles. The van der Waals surface area contributed by atoms with E-state index in [9.17, 15) is 22.4 Å². The summed E-state index contributed by atoms with van der Waals surface area (Å²) in [7, 11) is 0. The van der Waals surface area contributed by atoms with Crippen LogP contribution in [0.2, 0.25) is 0 Å². The van der Waals surface area contributed by atoms with Gasteiger partial charge in [0, 0.05) is 11.1 Å². The maximum Gasteiger partial charge on any atom is 0.392 e. The number of anilines is 1. The van der Waals surface area contributed by atoms with Crippen LogP contribution in [0.3, 0.4) is 0 Å². The Balaban J connectivity index is 1.35. The quantitative estimate of drug-likeness (QED) is 0.280. The molecule has 8 heteroatoms. The van der Waals surface area contributed by atoms with Crippen LogP contribution < -0.4 is 5.32 Å². The number of hydrogen-bond acceptors (Lipinski definition) is 2. The SMILES string of the molecule is Cc1ccc(NC(=O)[C@H]2[C@H](C(F)(F)F)CC=C3[C@@H]2CCC2=Cc4c(cnn4-c4ccc(F)cc4)C[C@@]23C)cc1. The number of amides is 1. The van der Waals surface area contributed by atoms with Gasteiger partial charge in [-0.05, 0) is 86.6 Å². The van der Waals surface area contributed by atoms with Gasteiger partial charge in [-0.3, -0.25) is 4.79 Å². The average Bonchev–Trinajstić information content (AvgIpc) is 3.29. The lowest BCUT2D eigenvalue weighted by Crippen LogP contribution is -2.49. The van der Waals surface area contributed by atoms with Crippen molar-refractivity contribution in [3.05, 3.63) is 94.6 Å². The molecule has 3 aliphatic rings. The molecule has 0 radical (unpaired) electrons. The van der Waals surface area contributed by atoms with E-state index in [2.05, 4.69) is 23.4 Å². The summed E-state index contributed by atoms with van der Waals surface area (Å²) >= 11 is 0. The topological polar surface area (TPSA) is 46.9 Å². The first kappa shape index (κ1) is 25.6. The number of allylic oxidation sites excluding steroid dienone is 3. The van der Waals surface area contributed by atoms with E-state index >= 15 is 0 Å². The predicted molar refractivity (Wildman–Crippen MR) is 142 cm³/mol. The van der Waals surface area contributed by atoms with Crippen LogP contribution in [0.4, 0.5) is 23.2 Å². The number of alkyl halides is 3. The van der Waals surface area contributed by atoms with Crippen molar-refractivity contribution in [1.82, 2.24) is 9.78 Å². The summed E-state index contributed by atoms with van der Waals surface area (Å²) in [6.45, 7) is 3.99. The van der Waals surface area contributed by atoms with Gasteiger partial charge in [-0.1, -0.05) is 41.8 Å². The fourth-order valence-electron chi connectivity index (χ4n) is 6.80. The number of nitrogens with zero attached hydrogens (tertiary/aromatic N) is 2. The summed E-state index contributed by atoms with van der Waals surface area (Å²) in [6, 6.07) is 13.2. The van der Waals surface area contributed by atoms with Gasteiger partial charge in [-0.15, -0.1) is 0 Å². The molecule has 0 unspecified atom stereocenters. The third-order valence-electron chi connectivity index (χ3n) is 8.78. The monoisotopic (exact) mass is 535 g/mol. The van der Waals surface area contributed by atoms with Crippen LogP contribution in [-0.4, -0.2) is 21.9 Å². The summed E-state index contributed by atoms with van der Waals surface area (Å²) in [4.78, 5) is 13.5. The van der Waals surface area contributed by atoms with Crippen LogP contribution >= 0.6 is 0 Å². The zero-order valence-electron chi connectivity index (χ0n) is 21.7. The van der Waals surface area contributed by atoms with Crippen LogP contribution in [0.1, 0.15) is 43.0 Å². The molecule has 1 heterocycles. The summed E-state index contributed by atoms with van der Waals surface area (Å²) in [6.07, 6.45) is 2.56. The first-order valence-corrected chi connectivity index (χ1v) is 13.2. The molecule has 1 amide bonds. The highest BCUT2D eigenvalue weighted by Gasteiger charge is 2.56. The average molecular weight is 536 g/mol. The molecule has 1 fully saturated rings. The van der Waals surface area contributed by atoms with Gasteiger partial charge in [-0.2, -0.15) is 18.3 Å². The minimum absolute atomic E-state index is 0.216. The zero-order valence-corrected chi connectivity index (χ0v) is 21.7. The summed E-state index contributed by atoms with van der Waals surface area (Å²) in [5.74, 6) is -4.34. The van der Waals surface area contributed by atoms with Crippen molar-refractivity contribution >= 4 is 17.7 Å². The van der Waals surface area contributed by atoms with Crippen LogP contribution in [0, 0.1) is 35.9 Å². The van der Waals surface area contributed by atoms with Crippen molar-refractivity contribution in [3.8, 4) is 5.69 Å². The van der Waals surface area contributed by atoms with Crippen LogP contribution in [0.25, 0.3) is 11.8 Å². The lowest BCUT2D eigenvalue weighted by Gasteiger charge is -2.50. The molecule has 1 aromatic heterocycles. The van der Waals surface area contributed by atoms with Crippen LogP contribution in [0.15, 0.2) is 72.0 Å². The van der Waals surface area contributed by atoms with E-state index in [0.29, 0.717) is 24.9 Å². The highest BCUT2D eigenvalue weighted by molar-refractivity contribution is 5.93. The Morgan fingerprint density at radius 2 is 1.82 bits per heavy atom. The fraction of sp³-hybridized carbons (Fsp3) is 0.355. The maximum atomic E-state index is 14.3. The van der Waals surface area contributed by atoms with Gasteiger partial charge in [0.2, 0.25) is 5.91 Å². The Labute approximate surface area is 224 Å². The molecule has 0 bridgehead atoms. The van der Waals surface area contributed by atoms with Crippen molar-refractivity contribution in [2.24, 2.45) is 23.2 Å². The van der Waals surface area contributed by atoms with Gasteiger partial charge >= 0.3 is 6.18 Å². The number of fused-ring (bicyclic) bond motifs is 4. The molecule has 4 atom stereocenters. The van der Waals surface area contributed by atoms with Gasteiger partial charge in [0.1, 0.15) is 5.82 Å². The highest BCUT2D eigenvalue weighted by Crippen LogP contribution is 2.59. The molecule has 3 aliphatic carbocycles. The molecular formula is C31H29F4N3O. The number of aromatic nitrogens is 2. The van der Waals surface area contributed by atoms with Gasteiger partial charge in [0.15, 0.2) is 0 Å². The van der Waals surface area contributed by atoms with E-state index in [1.807, 2.05) is 19.1 Å². The van der Waals surface area contributed by atoms with Crippen molar-refractivity contribution < 1.29 is 22.4 Å². The van der Waals surface area contributed by atoms with Gasteiger partial charge in [0.25, 0.3) is 0 Å². The Morgan fingerprint density at radius 1 is 1.10 bits per heavy atom. The first-order chi connectivity index (χ1) is 18.5. The first-order valence-electron chi connectivity index (χ1n) is 13.2. The lowest BCUT2D eigenvalue weighted by molar-refractivity contribution is -0.196. The minimum Gasteiger partial charge on any atom is -0.326 e. The molecular weight excluding hydrogens is 506 g/mol. The van der Waals surface area contributed by atoms with E-state index in [0.717, 1.165) is 33.7 Å². The zero-order chi connectivity index (χ0) is 27.5. The molecule has 4 nitrogen and oxygen atoms in total. The van der Waals surface area contributed by atoms with E-state index in [1.165, 1.54) is 12.1 Å². The highest BCUT2D eigenvalue weighted by atomic mass is 19.4. The molecule has 1 N–H and O–H groups in total. The number of aryl methyl sites for hydroxylation is 1. The number of rotatable bonds is 3. The minimum atomic E-state index is -4.48. The summed E-state index contributed by atoms with van der Waals surface area (Å²) < 4.78 is 58.0.